The molecule has 1 aliphatic carbocycles. The van der Waals surface area contributed by atoms with E-state index in [4.69, 9.17) is 9.47 Å². The van der Waals surface area contributed by atoms with Crippen LogP contribution in [-0.4, -0.2) is 29.5 Å². The van der Waals surface area contributed by atoms with Gasteiger partial charge in [0.1, 0.15) is 11.8 Å². The highest BCUT2D eigenvalue weighted by Crippen LogP contribution is 2.32. The van der Waals surface area contributed by atoms with E-state index < -0.39 is 17.8 Å². The van der Waals surface area contributed by atoms with Crippen LogP contribution in [0.25, 0.3) is 0 Å². The van der Waals surface area contributed by atoms with Crippen LogP contribution in [0.5, 0.6) is 5.75 Å². The summed E-state index contributed by atoms with van der Waals surface area (Å²) < 4.78 is 11.0. The van der Waals surface area contributed by atoms with Gasteiger partial charge in [-0.2, -0.15) is 5.26 Å². The number of nitrogens with zero attached hydrogens (tertiary/aromatic N) is 1. The monoisotopic (exact) mass is 456 g/mol. The van der Waals surface area contributed by atoms with Crippen LogP contribution >= 0.6 is 0 Å². The van der Waals surface area contributed by atoms with Crippen molar-refractivity contribution < 1.29 is 24.2 Å². The maximum Gasteiger partial charge on any atom is 0.507 e. The van der Waals surface area contributed by atoms with E-state index in [0.29, 0.717) is 24.3 Å². The molecule has 34 heavy (non-hydrogen) atoms. The lowest BCUT2D eigenvalue weighted by Gasteiger charge is -2.28. The summed E-state index contributed by atoms with van der Waals surface area (Å²) in [6, 6.07) is 22.2. The van der Waals surface area contributed by atoms with Crippen LogP contribution in [0.15, 0.2) is 66.7 Å². The average molecular weight is 456 g/mol. The maximum absolute atomic E-state index is 13.1. The number of carbonyl (C=O) groups excluding carboxylic acids is 1. The molecule has 2 N–H and O–H groups in total. The highest BCUT2D eigenvalue weighted by molar-refractivity contribution is 5.95. The number of carbonyl (C=O) groups is 2. The first kappa shape index (κ1) is 22.9. The third-order valence-corrected chi connectivity index (χ3v) is 5.79. The van der Waals surface area contributed by atoms with Crippen molar-refractivity contribution in [1.82, 2.24) is 5.32 Å². The molecule has 0 saturated heterocycles. The minimum Gasteiger partial charge on any atom is -0.492 e. The zero-order valence-electron chi connectivity index (χ0n) is 18.7. The molecule has 3 aromatic rings. The number of rotatable bonds is 7. The molecule has 0 aromatic heterocycles. The Labute approximate surface area is 197 Å². The van der Waals surface area contributed by atoms with Crippen molar-refractivity contribution in [2.45, 2.75) is 31.9 Å². The standard InChI is InChI=1S/C27H24N2O5/c1-18-5-4-6-19(13-18)11-12-33-24-14-20(9-10-23(24)17-28)25(30)29-27(34-26(31)32)15-21-7-2-3-8-22(21)16-27/h2-10,13-14H,11-12,15-16H2,1H3,(H,29,30)(H,31,32). The smallest absolute Gasteiger partial charge is 0.492 e. The molecule has 0 spiro atoms. The van der Waals surface area contributed by atoms with E-state index in [9.17, 15) is 20.0 Å². The third-order valence-electron chi connectivity index (χ3n) is 5.79. The molecular formula is C27H24N2O5. The Hall–Kier alpha value is -4.31. The molecule has 7 heteroatoms. The number of hydrogen-bond donors (Lipinski definition) is 2. The molecule has 0 bridgehead atoms. The summed E-state index contributed by atoms with van der Waals surface area (Å²) in [6.07, 6.45) is -0.348. The van der Waals surface area contributed by atoms with Crippen molar-refractivity contribution in [3.05, 3.63) is 100 Å². The Morgan fingerprint density at radius 1 is 1.06 bits per heavy atom. The molecule has 0 fully saturated rings. The van der Waals surface area contributed by atoms with E-state index in [1.54, 1.807) is 0 Å². The summed E-state index contributed by atoms with van der Waals surface area (Å²) in [5, 5.41) is 21.5. The molecule has 1 amide bonds. The third kappa shape index (κ3) is 5.18. The molecular weight excluding hydrogens is 432 g/mol. The fraction of sp³-hybridized carbons (Fsp3) is 0.222. The zero-order valence-corrected chi connectivity index (χ0v) is 18.7. The van der Waals surface area contributed by atoms with Crippen LogP contribution in [-0.2, 0) is 24.0 Å². The average Bonchev–Trinajstić information content (AvgIpc) is 3.15. The number of nitrogens with one attached hydrogen (secondary N) is 1. The highest BCUT2D eigenvalue weighted by atomic mass is 16.7. The van der Waals surface area contributed by atoms with Crippen molar-refractivity contribution in [2.24, 2.45) is 0 Å². The van der Waals surface area contributed by atoms with Gasteiger partial charge in [0.2, 0.25) is 0 Å². The molecule has 3 aromatic carbocycles. The Bertz CT molecular complexity index is 1250. The van der Waals surface area contributed by atoms with Gasteiger partial charge in [0.25, 0.3) is 5.91 Å². The molecule has 7 nitrogen and oxygen atoms in total. The Morgan fingerprint density at radius 2 is 1.79 bits per heavy atom. The fourth-order valence-electron chi connectivity index (χ4n) is 4.23. The molecule has 4 rings (SSSR count). The van der Waals surface area contributed by atoms with Crippen LogP contribution in [0.3, 0.4) is 0 Å². The number of fused-ring (bicyclic) bond motifs is 1. The Kier molecular flexibility index (Phi) is 6.51. The predicted molar refractivity (Wildman–Crippen MR) is 125 cm³/mol. The van der Waals surface area contributed by atoms with Gasteiger partial charge < -0.3 is 19.9 Å². The van der Waals surface area contributed by atoms with Crippen molar-refractivity contribution in [2.75, 3.05) is 6.61 Å². The molecule has 0 atom stereocenters. The normalized spacial score (nSPS) is 13.4. The summed E-state index contributed by atoms with van der Waals surface area (Å²) in [7, 11) is 0. The second-order valence-electron chi connectivity index (χ2n) is 8.35. The second-order valence-corrected chi connectivity index (χ2v) is 8.35. The van der Waals surface area contributed by atoms with Crippen molar-refractivity contribution >= 4 is 12.1 Å². The minimum atomic E-state index is -1.46. The topological polar surface area (TPSA) is 109 Å². The van der Waals surface area contributed by atoms with E-state index >= 15 is 0 Å². The first-order valence-electron chi connectivity index (χ1n) is 10.9. The summed E-state index contributed by atoms with van der Waals surface area (Å²) in [6.45, 7) is 2.36. The van der Waals surface area contributed by atoms with E-state index in [2.05, 4.69) is 17.5 Å². The van der Waals surface area contributed by atoms with Gasteiger partial charge in [-0.1, -0.05) is 54.1 Å². The number of benzene rings is 3. The van der Waals surface area contributed by atoms with E-state index in [-0.39, 0.29) is 18.4 Å². The van der Waals surface area contributed by atoms with Crippen LogP contribution < -0.4 is 10.1 Å². The predicted octanol–water partition coefficient (Wildman–Crippen LogP) is 4.41. The van der Waals surface area contributed by atoms with Gasteiger partial charge in [0, 0.05) is 24.8 Å². The first-order chi connectivity index (χ1) is 16.4. The fourth-order valence-corrected chi connectivity index (χ4v) is 4.23. The zero-order chi connectivity index (χ0) is 24.1. The van der Waals surface area contributed by atoms with Crippen molar-refractivity contribution in [1.29, 1.82) is 5.26 Å². The van der Waals surface area contributed by atoms with Crippen molar-refractivity contribution in [3.63, 3.8) is 0 Å². The molecule has 172 valence electrons. The number of aryl methyl sites for hydroxylation is 1. The summed E-state index contributed by atoms with van der Waals surface area (Å²) in [4.78, 5) is 24.5. The molecule has 1 aliphatic rings. The lowest BCUT2D eigenvalue weighted by molar-refractivity contribution is -0.0299. The number of carboxylic acid groups (broad SMARTS) is 1. The van der Waals surface area contributed by atoms with E-state index in [1.165, 1.54) is 18.2 Å². The lowest BCUT2D eigenvalue weighted by atomic mass is 10.1. The molecule has 0 heterocycles. The van der Waals surface area contributed by atoms with Crippen LogP contribution in [0.2, 0.25) is 0 Å². The molecule has 0 radical (unpaired) electrons. The quantitative estimate of drug-likeness (QED) is 0.403. The Morgan fingerprint density at radius 3 is 2.44 bits per heavy atom. The van der Waals surface area contributed by atoms with Gasteiger partial charge in [-0.3, -0.25) is 4.79 Å². The SMILES string of the molecule is Cc1cccc(CCOc2cc(C(=O)NC3(OC(=O)O)Cc4ccccc4C3)ccc2C#N)c1. The minimum absolute atomic E-state index is 0.233. The lowest BCUT2D eigenvalue weighted by Crippen LogP contribution is -2.52. The molecule has 0 unspecified atom stereocenters. The second kappa shape index (κ2) is 9.67. The Balaban J connectivity index is 1.50. The largest absolute Gasteiger partial charge is 0.507 e. The van der Waals surface area contributed by atoms with Gasteiger partial charge >= 0.3 is 6.16 Å². The number of nitriles is 1. The van der Waals surface area contributed by atoms with Gasteiger partial charge in [-0.15, -0.1) is 0 Å². The van der Waals surface area contributed by atoms with Crippen LogP contribution in [0.4, 0.5) is 4.79 Å². The van der Waals surface area contributed by atoms with E-state index in [1.807, 2.05) is 49.4 Å². The number of ether oxygens (including phenoxy) is 2. The van der Waals surface area contributed by atoms with Crippen LogP contribution in [0, 0.1) is 18.3 Å². The van der Waals surface area contributed by atoms with E-state index in [0.717, 1.165) is 22.3 Å². The summed E-state index contributed by atoms with van der Waals surface area (Å²) >= 11 is 0. The van der Waals surface area contributed by atoms with Gasteiger partial charge in [0.05, 0.1) is 12.2 Å². The number of amides is 1. The van der Waals surface area contributed by atoms with Gasteiger partial charge in [-0.25, -0.2) is 4.79 Å². The van der Waals surface area contributed by atoms with Crippen molar-refractivity contribution in [3.8, 4) is 11.8 Å². The highest BCUT2D eigenvalue weighted by Gasteiger charge is 2.42. The van der Waals surface area contributed by atoms with Crippen LogP contribution in [0.1, 0.15) is 38.2 Å². The van der Waals surface area contributed by atoms with Gasteiger partial charge in [0.15, 0.2) is 5.72 Å². The molecule has 0 saturated carbocycles. The summed E-state index contributed by atoms with van der Waals surface area (Å²) in [5.41, 5.74) is 3.26. The van der Waals surface area contributed by atoms with Gasteiger partial charge in [-0.05, 0) is 41.8 Å². The summed E-state index contributed by atoms with van der Waals surface area (Å²) in [5.74, 6) is -0.215. The first-order valence-corrected chi connectivity index (χ1v) is 10.9. The molecule has 0 aliphatic heterocycles. The maximum atomic E-state index is 13.1. The number of hydrogen-bond acceptors (Lipinski definition) is 5.